The summed E-state index contributed by atoms with van der Waals surface area (Å²) < 4.78 is 0. The van der Waals surface area contributed by atoms with Crippen LogP contribution in [-0.4, -0.2) is 11.4 Å². The average Bonchev–Trinajstić information content (AvgIpc) is 2.31. The lowest BCUT2D eigenvalue weighted by Crippen LogP contribution is -1.80. The monoisotopic (exact) mass is 202 g/mol. The first-order valence-corrected chi connectivity index (χ1v) is 4.98. The van der Waals surface area contributed by atoms with Crippen molar-refractivity contribution in [2.45, 2.75) is 13.8 Å². The molecule has 0 saturated carbocycles. The topological polar surface area (TPSA) is 37.3 Å². The minimum absolute atomic E-state index is 0.153. The van der Waals surface area contributed by atoms with Crippen molar-refractivity contribution >= 4 is 17.1 Å². The van der Waals surface area contributed by atoms with Crippen molar-refractivity contribution in [1.82, 2.24) is 0 Å². The van der Waals surface area contributed by atoms with E-state index in [1.807, 2.05) is 38.1 Å². The van der Waals surface area contributed by atoms with E-state index >= 15 is 0 Å². The molecule has 0 saturated heterocycles. The van der Waals surface area contributed by atoms with Crippen LogP contribution < -0.4 is 0 Å². The van der Waals surface area contributed by atoms with E-state index in [0.29, 0.717) is 5.56 Å². The summed E-state index contributed by atoms with van der Waals surface area (Å²) in [6.45, 7) is 4.00. The highest BCUT2D eigenvalue weighted by molar-refractivity contribution is 5.93. The molecule has 0 aliphatic carbocycles. The normalized spacial score (nSPS) is 9.20. The maximum absolute atomic E-state index is 10.5. The molecule has 2 rings (SSSR count). The molecule has 0 fully saturated rings. The van der Waals surface area contributed by atoms with Gasteiger partial charge in [0.1, 0.15) is 12.0 Å². The fourth-order valence-electron chi connectivity index (χ4n) is 1.38. The molecule has 78 valence electrons. The second-order valence-electron chi connectivity index (χ2n) is 2.88. The number of hydrogen-bond donors (Lipinski definition) is 1. The van der Waals surface area contributed by atoms with Gasteiger partial charge in [0.05, 0.1) is 0 Å². The molecule has 0 aliphatic rings. The van der Waals surface area contributed by atoms with Crippen molar-refractivity contribution in [3.63, 3.8) is 0 Å². The van der Waals surface area contributed by atoms with Crippen LogP contribution >= 0.6 is 0 Å². The maximum Gasteiger partial charge on any atom is 0.150 e. The van der Waals surface area contributed by atoms with E-state index in [-0.39, 0.29) is 5.75 Å². The third-order valence-electron chi connectivity index (χ3n) is 2.00. The minimum atomic E-state index is 0.153. The van der Waals surface area contributed by atoms with Crippen LogP contribution in [-0.2, 0) is 0 Å². The van der Waals surface area contributed by atoms with Gasteiger partial charge in [-0.2, -0.15) is 0 Å². The zero-order chi connectivity index (χ0) is 11.3. The molecule has 0 radical (unpaired) electrons. The highest BCUT2D eigenvalue weighted by Gasteiger charge is 2.00. The van der Waals surface area contributed by atoms with Gasteiger partial charge >= 0.3 is 0 Å². The molecule has 0 aliphatic heterocycles. The Hall–Kier alpha value is -1.83. The van der Waals surface area contributed by atoms with Crippen LogP contribution in [0.3, 0.4) is 0 Å². The Morgan fingerprint density at radius 2 is 1.80 bits per heavy atom. The standard InChI is InChI=1S/C11H8O2.C2H6/c12-7-8-5-9-3-1-2-4-10(9)11(13)6-8;1-2/h1-7,13H;1-2H3. The predicted octanol–water partition coefficient (Wildman–Crippen LogP) is 3.38. The quantitative estimate of drug-likeness (QED) is 0.720. The Labute approximate surface area is 89.2 Å². The SMILES string of the molecule is CC.O=Cc1cc(O)c2ccccc2c1. The first-order chi connectivity index (χ1) is 7.31. The molecule has 2 aromatic carbocycles. The molecule has 0 atom stereocenters. The number of carbonyl (C=O) groups excluding carboxylic acids is 1. The molecule has 2 aromatic rings. The van der Waals surface area contributed by atoms with Gasteiger partial charge < -0.3 is 5.11 Å². The number of benzene rings is 2. The number of rotatable bonds is 1. The smallest absolute Gasteiger partial charge is 0.150 e. The van der Waals surface area contributed by atoms with Gasteiger partial charge in [-0.3, -0.25) is 4.79 Å². The minimum Gasteiger partial charge on any atom is -0.507 e. The van der Waals surface area contributed by atoms with Gasteiger partial charge in [-0.1, -0.05) is 38.1 Å². The summed E-state index contributed by atoms with van der Waals surface area (Å²) in [5.74, 6) is 0.153. The Bertz CT molecular complexity index is 461. The van der Waals surface area contributed by atoms with E-state index in [0.717, 1.165) is 17.1 Å². The molecule has 0 heterocycles. The van der Waals surface area contributed by atoms with Gasteiger partial charge in [0, 0.05) is 10.9 Å². The van der Waals surface area contributed by atoms with E-state index in [1.165, 1.54) is 6.07 Å². The van der Waals surface area contributed by atoms with E-state index in [2.05, 4.69) is 0 Å². The van der Waals surface area contributed by atoms with E-state index in [4.69, 9.17) is 0 Å². The van der Waals surface area contributed by atoms with Crippen molar-refractivity contribution in [1.29, 1.82) is 0 Å². The molecule has 2 heteroatoms. The van der Waals surface area contributed by atoms with Crippen molar-refractivity contribution in [3.05, 3.63) is 42.0 Å². The maximum atomic E-state index is 10.5. The second-order valence-corrected chi connectivity index (χ2v) is 2.88. The van der Waals surface area contributed by atoms with Gasteiger partial charge in [-0.05, 0) is 17.5 Å². The van der Waals surface area contributed by atoms with E-state index in [1.54, 1.807) is 6.07 Å². The van der Waals surface area contributed by atoms with Crippen LogP contribution in [0.15, 0.2) is 36.4 Å². The lowest BCUT2D eigenvalue weighted by molar-refractivity contribution is 0.112. The number of phenols is 1. The van der Waals surface area contributed by atoms with Crippen molar-refractivity contribution in [3.8, 4) is 5.75 Å². The van der Waals surface area contributed by atoms with Crippen LogP contribution in [0, 0.1) is 0 Å². The molecule has 0 aromatic heterocycles. The van der Waals surface area contributed by atoms with Crippen LogP contribution in [0.1, 0.15) is 24.2 Å². The van der Waals surface area contributed by atoms with Crippen molar-refractivity contribution in [2.75, 3.05) is 0 Å². The number of hydrogen-bond acceptors (Lipinski definition) is 2. The first kappa shape index (κ1) is 11.2. The zero-order valence-corrected chi connectivity index (χ0v) is 8.90. The fourth-order valence-corrected chi connectivity index (χ4v) is 1.38. The highest BCUT2D eigenvalue weighted by Crippen LogP contribution is 2.25. The molecule has 1 N–H and O–H groups in total. The third-order valence-corrected chi connectivity index (χ3v) is 2.00. The molecule has 0 amide bonds. The first-order valence-electron chi connectivity index (χ1n) is 4.98. The highest BCUT2D eigenvalue weighted by atomic mass is 16.3. The number of aldehydes is 1. The Kier molecular flexibility index (Phi) is 3.86. The summed E-state index contributed by atoms with van der Waals surface area (Å²) in [6, 6.07) is 10.6. The number of fused-ring (bicyclic) bond motifs is 1. The Morgan fingerprint density at radius 3 is 2.47 bits per heavy atom. The van der Waals surface area contributed by atoms with Crippen molar-refractivity contribution < 1.29 is 9.90 Å². The van der Waals surface area contributed by atoms with Crippen LogP contribution in [0.25, 0.3) is 10.8 Å². The van der Waals surface area contributed by atoms with Gasteiger partial charge in [0.2, 0.25) is 0 Å². The molecule has 15 heavy (non-hydrogen) atoms. The average molecular weight is 202 g/mol. The van der Waals surface area contributed by atoms with E-state index < -0.39 is 0 Å². The summed E-state index contributed by atoms with van der Waals surface area (Å²) in [5.41, 5.74) is 0.496. The van der Waals surface area contributed by atoms with Crippen molar-refractivity contribution in [2.24, 2.45) is 0 Å². The van der Waals surface area contributed by atoms with Crippen LogP contribution in [0.2, 0.25) is 0 Å². The van der Waals surface area contributed by atoms with Crippen LogP contribution in [0.5, 0.6) is 5.75 Å². The van der Waals surface area contributed by atoms with Crippen LogP contribution in [0.4, 0.5) is 0 Å². The summed E-state index contributed by atoms with van der Waals surface area (Å²) in [5, 5.41) is 11.2. The largest absolute Gasteiger partial charge is 0.507 e. The third kappa shape index (κ3) is 2.34. The molecule has 0 bridgehead atoms. The Balaban J connectivity index is 0.000000531. The predicted molar refractivity (Wildman–Crippen MR) is 62.3 cm³/mol. The molecular formula is C13H14O2. The summed E-state index contributed by atoms with van der Waals surface area (Å²) >= 11 is 0. The van der Waals surface area contributed by atoms with Gasteiger partial charge in [0.25, 0.3) is 0 Å². The molecule has 2 nitrogen and oxygen atoms in total. The Morgan fingerprint density at radius 1 is 1.13 bits per heavy atom. The number of aromatic hydroxyl groups is 1. The van der Waals surface area contributed by atoms with Gasteiger partial charge in [-0.25, -0.2) is 0 Å². The number of phenolic OH excluding ortho intramolecular Hbond substituents is 1. The zero-order valence-electron chi connectivity index (χ0n) is 8.90. The summed E-state index contributed by atoms with van der Waals surface area (Å²) in [7, 11) is 0. The lowest BCUT2D eigenvalue weighted by Gasteiger charge is -2.00. The molecule has 0 spiro atoms. The lowest BCUT2D eigenvalue weighted by atomic mass is 10.1. The van der Waals surface area contributed by atoms with E-state index in [9.17, 15) is 9.90 Å². The molecular weight excluding hydrogens is 188 g/mol. The summed E-state index contributed by atoms with van der Waals surface area (Å²) in [6.07, 6.45) is 0.728. The second kappa shape index (κ2) is 5.15. The summed E-state index contributed by atoms with van der Waals surface area (Å²) in [4.78, 5) is 10.5. The fraction of sp³-hybridized carbons (Fsp3) is 0.154. The van der Waals surface area contributed by atoms with Gasteiger partial charge in [0.15, 0.2) is 0 Å². The molecule has 0 unspecified atom stereocenters. The number of carbonyl (C=O) groups is 1. The van der Waals surface area contributed by atoms with Gasteiger partial charge in [-0.15, -0.1) is 0 Å².